The van der Waals surface area contributed by atoms with Crippen LogP contribution >= 0.6 is 15.9 Å². The van der Waals surface area contributed by atoms with Gasteiger partial charge in [-0.2, -0.15) is 0 Å². The average molecular weight is 352 g/mol. The van der Waals surface area contributed by atoms with Crippen molar-refractivity contribution in [2.45, 2.75) is 19.4 Å². The molecule has 0 aromatic heterocycles. The lowest BCUT2D eigenvalue weighted by Crippen LogP contribution is -2.20. The summed E-state index contributed by atoms with van der Waals surface area (Å²) in [4.78, 5) is 0. The number of methoxy groups -OCH3 is 1. The molecule has 0 heterocycles. The van der Waals surface area contributed by atoms with Gasteiger partial charge >= 0.3 is 0 Å². The molecule has 4 heteroatoms. The van der Waals surface area contributed by atoms with Gasteiger partial charge < -0.3 is 10.1 Å². The Morgan fingerprint density at radius 2 is 2.00 bits per heavy atom. The average Bonchev–Trinajstić information content (AvgIpc) is 2.45. The van der Waals surface area contributed by atoms with Crippen LogP contribution in [0.2, 0.25) is 0 Å². The molecule has 0 radical (unpaired) electrons. The minimum Gasteiger partial charge on any atom is -0.496 e. The van der Waals surface area contributed by atoms with Gasteiger partial charge in [-0.3, -0.25) is 0 Å². The van der Waals surface area contributed by atoms with Crippen molar-refractivity contribution in [1.29, 1.82) is 0 Å². The smallest absolute Gasteiger partial charge is 0.123 e. The van der Waals surface area contributed by atoms with E-state index < -0.39 is 0 Å². The van der Waals surface area contributed by atoms with E-state index >= 15 is 0 Å². The quantitative estimate of drug-likeness (QED) is 0.861. The molecule has 0 saturated heterocycles. The lowest BCUT2D eigenvalue weighted by molar-refractivity contribution is 0.406. The topological polar surface area (TPSA) is 21.3 Å². The summed E-state index contributed by atoms with van der Waals surface area (Å²) >= 11 is 3.49. The Balaban J connectivity index is 2.33. The maximum atomic E-state index is 13.3. The van der Waals surface area contributed by atoms with Crippen molar-refractivity contribution in [3.63, 3.8) is 0 Å². The van der Waals surface area contributed by atoms with Crippen molar-refractivity contribution in [1.82, 2.24) is 5.32 Å². The zero-order valence-corrected chi connectivity index (χ0v) is 14.0. The van der Waals surface area contributed by atoms with Gasteiger partial charge in [0.2, 0.25) is 0 Å². The zero-order valence-electron chi connectivity index (χ0n) is 12.4. The van der Waals surface area contributed by atoms with E-state index in [1.807, 2.05) is 32.2 Å². The summed E-state index contributed by atoms with van der Waals surface area (Å²) in [5.41, 5.74) is 3.15. The Morgan fingerprint density at radius 1 is 1.24 bits per heavy atom. The normalized spacial score (nSPS) is 12.2. The molecule has 0 fully saturated rings. The Kier molecular flexibility index (Phi) is 5.37. The highest BCUT2D eigenvalue weighted by Crippen LogP contribution is 2.29. The summed E-state index contributed by atoms with van der Waals surface area (Å²) in [6.45, 7) is 1.93. The molecule has 1 atom stereocenters. The number of hydrogen-bond donors (Lipinski definition) is 1. The van der Waals surface area contributed by atoms with Gasteiger partial charge in [-0.05, 0) is 67.4 Å². The molecule has 1 N–H and O–H groups in total. The van der Waals surface area contributed by atoms with E-state index in [2.05, 4.69) is 27.3 Å². The fraction of sp³-hybridized carbons (Fsp3) is 0.294. The fourth-order valence-corrected chi connectivity index (χ4v) is 2.93. The van der Waals surface area contributed by atoms with Crippen LogP contribution in [-0.2, 0) is 6.42 Å². The molecule has 0 aliphatic rings. The number of likely N-dealkylation sites (N-methyl/N-ethyl adjacent to an activating group) is 1. The summed E-state index contributed by atoms with van der Waals surface area (Å²) in [5, 5.41) is 3.30. The molecule has 0 saturated carbocycles. The third kappa shape index (κ3) is 3.83. The first-order chi connectivity index (χ1) is 10.0. The van der Waals surface area contributed by atoms with E-state index in [4.69, 9.17) is 4.74 Å². The first-order valence-corrected chi connectivity index (χ1v) is 7.60. The van der Waals surface area contributed by atoms with E-state index in [1.165, 1.54) is 6.07 Å². The SMILES string of the molecule is CNC(Cc1cc(Br)ccc1OC)c1ccc(F)cc1C. The molecule has 0 bridgehead atoms. The van der Waals surface area contributed by atoms with E-state index in [0.717, 1.165) is 33.3 Å². The van der Waals surface area contributed by atoms with E-state index in [0.29, 0.717) is 0 Å². The van der Waals surface area contributed by atoms with Crippen molar-refractivity contribution >= 4 is 15.9 Å². The van der Waals surface area contributed by atoms with Gasteiger partial charge in [0, 0.05) is 10.5 Å². The number of nitrogens with one attached hydrogen (secondary N) is 1. The molecule has 2 aromatic rings. The van der Waals surface area contributed by atoms with Crippen molar-refractivity contribution in [3.8, 4) is 5.75 Å². The van der Waals surface area contributed by atoms with Crippen LogP contribution in [0.4, 0.5) is 4.39 Å². The van der Waals surface area contributed by atoms with Crippen LogP contribution in [0.5, 0.6) is 5.75 Å². The standard InChI is InChI=1S/C17H19BrFNO/c1-11-8-14(19)5-6-15(11)16(20-2)10-12-9-13(18)4-7-17(12)21-3/h4-9,16,20H,10H2,1-3H3. The molecule has 2 aromatic carbocycles. The van der Waals surface area contributed by atoms with Crippen LogP contribution in [0, 0.1) is 12.7 Å². The van der Waals surface area contributed by atoms with Gasteiger partial charge in [0.15, 0.2) is 0 Å². The van der Waals surface area contributed by atoms with Crippen molar-refractivity contribution in [3.05, 3.63) is 63.4 Å². The minimum atomic E-state index is -0.203. The molecule has 2 nitrogen and oxygen atoms in total. The van der Waals surface area contributed by atoms with Crippen LogP contribution in [0.15, 0.2) is 40.9 Å². The summed E-state index contributed by atoms with van der Waals surface area (Å²) in [5.74, 6) is 0.657. The molecular formula is C17H19BrFNO. The zero-order chi connectivity index (χ0) is 15.4. The molecule has 0 aliphatic heterocycles. The molecule has 0 amide bonds. The maximum Gasteiger partial charge on any atom is 0.123 e. The maximum absolute atomic E-state index is 13.3. The van der Waals surface area contributed by atoms with Crippen LogP contribution in [0.3, 0.4) is 0 Å². The second-order valence-corrected chi connectivity index (χ2v) is 5.92. The summed E-state index contributed by atoms with van der Waals surface area (Å²) < 4.78 is 19.7. The summed E-state index contributed by atoms with van der Waals surface area (Å²) in [6.07, 6.45) is 0.769. The highest BCUT2D eigenvalue weighted by atomic mass is 79.9. The first-order valence-electron chi connectivity index (χ1n) is 6.81. The second-order valence-electron chi connectivity index (χ2n) is 5.00. The third-order valence-electron chi connectivity index (χ3n) is 3.62. The third-order valence-corrected chi connectivity index (χ3v) is 4.12. The van der Waals surface area contributed by atoms with Crippen molar-refractivity contribution in [2.24, 2.45) is 0 Å². The van der Waals surface area contributed by atoms with Crippen molar-refractivity contribution in [2.75, 3.05) is 14.2 Å². The van der Waals surface area contributed by atoms with Gasteiger partial charge in [0.1, 0.15) is 11.6 Å². The molecule has 2 rings (SSSR count). The number of ether oxygens (including phenoxy) is 1. The van der Waals surface area contributed by atoms with Gasteiger partial charge in [-0.1, -0.05) is 22.0 Å². The number of halogens is 2. The van der Waals surface area contributed by atoms with Crippen molar-refractivity contribution < 1.29 is 9.13 Å². The second kappa shape index (κ2) is 7.05. The highest BCUT2D eigenvalue weighted by Gasteiger charge is 2.15. The van der Waals surface area contributed by atoms with Crippen LogP contribution < -0.4 is 10.1 Å². The molecular weight excluding hydrogens is 333 g/mol. The largest absolute Gasteiger partial charge is 0.496 e. The first kappa shape index (κ1) is 16.0. The molecule has 112 valence electrons. The Hall–Kier alpha value is -1.39. The van der Waals surface area contributed by atoms with Crippen LogP contribution in [0.25, 0.3) is 0 Å². The fourth-order valence-electron chi connectivity index (χ4n) is 2.52. The molecule has 0 aliphatic carbocycles. The number of rotatable bonds is 5. The predicted molar refractivity (Wildman–Crippen MR) is 87.3 cm³/mol. The lowest BCUT2D eigenvalue weighted by Gasteiger charge is -2.20. The summed E-state index contributed by atoms with van der Waals surface area (Å²) in [7, 11) is 3.59. The molecule has 21 heavy (non-hydrogen) atoms. The van der Waals surface area contributed by atoms with Gasteiger partial charge in [0.25, 0.3) is 0 Å². The van der Waals surface area contributed by atoms with E-state index in [1.54, 1.807) is 13.2 Å². The van der Waals surface area contributed by atoms with Crippen LogP contribution in [0.1, 0.15) is 22.7 Å². The van der Waals surface area contributed by atoms with E-state index in [9.17, 15) is 4.39 Å². The highest BCUT2D eigenvalue weighted by molar-refractivity contribution is 9.10. The van der Waals surface area contributed by atoms with Gasteiger partial charge in [-0.15, -0.1) is 0 Å². The number of benzene rings is 2. The van der Waals surface area contributed by atoms with Crippen LogP contribution in [-0.4, -0.2) is 14.2 Å². The number of aryl methyl sites for hydroxylation is 1. The van der Waals surface area contributed by atoms with Gasteiger partial charge in [0.05, 0.1) is 7.11 Å². The van der Waals surface area contributed by atoms with E-state index in [-0.39, 0.29) is 11.9 Å². The lowest BCUT2D eigenvalue weighted by atomic mass is 9.95. The summed E-state index contributed by atoms with van der Waals surface area (Å²) in [6, 6.07) is 11.0. The van der Waals surface area contributed by atoms with Gasteiger partial charge in [-0.25, -0.2) is 4.39 Å². The monoisotopic (exact) mass is 351 g/mol. The predicted octanol–water partition coefficient (Wildman–Crippen LogP) is 4.41. The molecule has 1 unspecified atom stereocenters. The Labute approximate surface area is 133 Å². The Morgan fingerprint density at radius 3 is 2.62 bits per heavy atom. The number of hydrogen-bond acceptors (Lipinski definition) is 2. The Bertz CT molecular complexity index is 630. The molecule has 0 spiro atoms. The minimum absolute atomic E-state index is 0.105.